The fraction of sp³-hybridized carbons (Fsp3) is 0.909. The number of Topliss-reactive ketones (excluding diaryl/α,β-unsaturated/α-hetero) is 1. The lowest BCUT2D eigenvalue weighted by atomic mass is 9.62. The van der Waals surface area contributed by atoms with E-state index in [1.807, 2.05) is 0 Å². The molecular weight excluding hydrogens is 180 g/mol. The first kappa shape index (κ1) is 7.83. The highest BCUT2D eigenvalue weighted by Gasteiger charge is 2.73. The molecule has 1 spiro atoms. The number of carbonyl (C=O) groups is 1. The summed E-state index contributed by atoms with van der Waals surface area (Å²) in [6.45, 7) is 1.44. The van der Waals surface area contributed by atoms with Crippen molar-refractivity contribution in [2.24, 2.45) is 23.7 Å². The summed E-state index contributed by atoms with van der Waals surface area (Å²) in [7, 11) is 0. The second-order valence-electron chi connectivity index (χ2n) is 5.06. The average Bonchev–Trinajstić information content (AvgIpc) is 2.80. The van der Waals surface area contributed by atoms with E-state index in [2.05, 4.69) is 0 Å². The fourth-order valence-corrected chi connectivity index (χ4v) is 4.37. The molecule has 0 aromatic carbocycles. The first-order valence-corrected chi connectivity index (χ1v) is 5.63. The number of carbonyl (C=O) groups excluding carboxylic acids is 1. The van der Waals surface area contributed by atoms with Gasteiger partial charge in [0.25, 0.3) is 0 Å². The highest BCUT2D eigenvalue weighted by atomic mass is 16.7. The molecule has 1 aliphatic heterocycles. The summed E-state index contributed by atoms with van der Waals surface area (Å²) in [6, 6.07) is 0. The van der Waals surface area contributed by atoms with Gasteiger partial charge in [0.1, 0.15) is 5.78 Å². The van der Waals surface area contributed by atoms with Gasteiger partial charge in [-0.25, -0.2) is 0 Å². The summed E-state index contributed by atoms with van der Waals surface area (Å²) in [5, 5.41) is 0. The number of fused-ring (bicyclic) bond motifs is 2. The van der Waals surface area contributed by atoms with Gasteiger partial charge in [-0.3, -0.25) is 4.79 Å². The minimum Gasteiger partial charge on any atom is -0.347 e. The Morgan fingerprint density at radius 2 is 1.93 bits per heavy atom. The zero-order valence-electron chi connectivity index (χ0n) is 8.07. The highest BCUT2D eigenvalue weighted by molar-refractivity contribution is 5.85. The molecule has 3 nitrogen and oxygen atoms in total. The Morgan fingerprint density at radius 1 is 1.14 bits per heavy atom. The monoisotopic (exact) mass is 194 g/mol. The van der Waals surface area contributed by atoms with Gasteiger partial charge in [0.2, 0.25) is 0 Å². The van der Waals surface area contributed by atoms with E-state index in [0.717, 1.165) is 26.1 Å². The molecule has 3 aliphatic carbocycles. The third-order valence-corrected chi connectivity index (χ3v) is 4.79. The lowest BCUT2D eigenvalue weighted by molar-refractivity contribution is -0.307. The zero-order chi connectivity index (χ0) is 9.34. The van der Waals surface area contributed by atoms with Crippen LogP contribution in [0.15, 0.2) is 0 Å². The summed E-state index contributed by atoms with van der Waals surface area (Å²) >= 11 is 0. The number of hydrogen-bond acceptors (Lipinski definition) is 3. The van der Waals surface area contributed by atoms with Crippen molar-refractivity contribution in [1.29, 1.82) is 0 Å². The molecule has 1 heterocycles. The van der Waals surface area contributed by atoms with E-state index in [0.29, 0.717) is 35.9 Å². The maximum atomic E-state index is 11.7. The van der Waals surface area contributed by atoms with Crippen molar-refractivity contribution in [3.8, 4) is 0 Å². The molecule has 4 fully saturated rings. The molecule has 0 aromatic heterocycles. The third kappa shape index (κ3) is 0.625. The molecule has 14 heavy (non-hydrogen) atoms. The Kier molecular flexibility index (Phi) is 1.24. The van der Waals surface area contributed by atoms with E-state index < -0.39 is 0 Å². The molecule has 3 saturated carbocycles. The van der Waals surface area contributed by atoms with Crippen LogP contribution >= 0.6 is 0 Å². The van der Waals surface area contributed by atoms with Crippen molar-refractivity contribution in [3.05, 3.63) is 0 Å². The van der Waals surface area contributed by atoms with E-state index >= 15 is 0 Å². The molecule has 1 unspecified atom stereocenters. The Hall–Kier alpha value is -0.410. The molecule has 0 N–H and O–H groups in total. The first-order valence-electron chi connectivity index (χ1n) is 5.63. The summed E-state index contributed by atoms with van der Waals surface area (Å²) in [5.41, 5.74) is 0. The number of ketones is 1. The summed E-state index contributed by atoms with van der Waals surface area (Å²) in [5.74, 6) is 2.06. The number of ether oxygens (including phenoxy) is 2. The topological polar surface area (TPSA) is 35.5 Å². The quantitative estimate of drug-likeness (QED) is 0.576. The van der Waals surface area contributed by atoms with Crippen LogP contribution in [0.5, 0.6) is 0 Å². The predicted octanol–water partition coefficient (Wildman–Crippen LogP) is 0.974. The third-order valence-electron chi connectivity index (χ3n) is 4.79. The molecule has 4 aliphatic rings. The van der Waals surface area contributed by atoms with Gasteiger partial charge in [-0.1, -0.05) is 0 Å². The lowest BCUT2D eigenvalue weighted by Gasteiger charge is -2.53. The van der Waals surface area contributed by atoms with E-state index in [1.165, 1.54) is 0 Å². The van der Waals surface area contributed by atoms with Crippen LogP contribution in [0.4, 0.5) is 0 Å². The van der Waals surface area contributed by atoms with E-state index in [-0.39, 0.29) is 5.79 Å². The highest BCUT2D eigenvalue weighted by Crippen LogP contribution is 2.68. The van der Waals surface area contributed by atoms with Gasteiger partial charge in [-0.05, 0) is 18.8 Å². The van der Waals surface area contributed by atoms with Gasteiger partial charge in [0.15, 0.2) is 5.79 Å². The molecule has 0 radical (unpaired) electrons. The van der Waals surface area contributed by atoms with Gasteiger partial charge in [0.05, 0.1) is 13.2 Å². The van der Waals surface area contributed by atoms with Crippen LogP contribution in [0, 0.1) is 23.7 Å². The van der Waals surface area contributed by atoms with Crippen LogP contribution in [-0.4, -0.2) is 24.8 Å². The molecule has 76 valence electrons. The van der Waals surface area contributed by atoms with Crippen LogP contribution in [-0.2, 0) is 14.3 Å². The van der Waals surface area contributed by atoms with Crippen molar-refractivity contribution in [3.63, 3.8) is 0 Å². The molecule has 0 bridgehead atoms. The average molecular weight is 194 g/mol. The Balaban J connectivity index is 1.76. The van der Waals surface area contributed by atoms with E-state index in [9.17, 15) is 4.79 Å². The van der Waals surface area contributed by atoms with Gasteiger partial charge in [-0.15, -0.1) is 0 Å². The zero-order valence-corrected chi connectivity index (χ0v) is 8.07. The molecule has 1 saturated heterocycles. The summed E-state index contributed by atoms with van der Waals surface area (Å²) in [4.78, 5) is 11.7. The van der Waals surface area contributed by atoms with Crippen molar-refractivity contribution in [2.75, 3.05) is 13.2 Å². The largest absolute Gasteiger partial charge is 0.347 e. The molecule has 4 atom stereocenters. The summed E-state index contributed by atoms with van der Waals surface area (Å²) in [6.07, 6.45) is 2.93. The Bertz CT molecular complexity index is 306. The van der Waals surface area contributed by atoms with Crippen LogP contribution in [0.25, 0.3) is 0 Å². The first-order chi connectivity index (χ1) is 6.83. The van der Waals surface area contributed by atoms with Gasteiger partial charge >= 0.3 is 0 Å². The second-order valence-corrected chi connectivity index (χ2v) is 5.06. The lowest BCUT2D eigenvalue weighted by Crippen LogP contribution is -2.60. The van der Waals surface area contributed by atoms with Gasteiger partial charge in [0, 0.05) is 24.2 Å². The standard InChI is InChI=1S/C11H14O3/c12-9-5-8-10-6(9)1-2-7(10)11(8)13-3-4-14-11/h6-8,10H,1-5H2/t6?,7-,8+,10+/m0/s1. The normalized spacial score (nSPS) is 52.4. The minimum absolute atomic E-state index is 0.314. The van der Waals surface area contributed by atoms with Crippen LogP contribution in [0.2, 0.25) is 0 Å². The van der Waals surface area contributed by atoms with E-state index in [4.69, 9.17) is 9.47 Å². The Labute approximate surface area is 82.8 Å². The van der Waals surface area contributed by atoms with Crippen molar-refractivity contribution < 1.29 is 14.3 Å². The molecule has 4 rings (SSSR count). The van der Waals surface area contributed by atoms with E-state index in [1.54, 1.807) is 0 Å². The van der Waals surface area contributed by atoms with Crippen LogP contribution < -0.4 is 0 Å². The molecule has 3 heteroatoms. The maximum absolute atomic E-state index is 11.7. The fourth-order valence-electron chi connectivity index (χ4n) is 4.37. The maximum Gasteiger partial charge on any atom is 0.175 e. The molecule has 0 amide bonds. The predicted molar refractivity (Wildman–Crippen MR) is 47.5 cm³/mol. The van der Waals surface area contributed by atoms with Crippen LogP contribution in [0.1, 0.15) is 19.3 Å². The minimum atomic E-state index is -0.314. The Morgan fingerprint density at radius 3 is 2.71 bits per heavy atom. The second kappa shape index (κ2) is 2.22. The summed E-state index contributed by atoms with van der Waals surface area (Å²) < 4.78 is 11.6. The smallest absolute Gasteiger partial charge is 0.175 e. The van der Waals surface area contributed by atoms with Gasteiger partial charge in [-0.2, -0.15) is 0 Å². The number of hydrogen-bond donors (Lipinski definition) is 0. The van der Waals surface area contributed by atoms with Crippen molar-refractivity contribution >= 4 is 5.78 Å². The van der Waals surface area contributed by atoms with Gasteiger partial charge < -0.3 is 9.47 Å². The molecular formula is C11H14O3. The van der Waals surface area contributed by atoms with Crippen molar-refractivity contribution in [2.45, 2.75) is 25.0 Å². The van der Waals surface area contributed by atoms with Crippen LogP contribution in [0.3, 0.4) is 0 Å². The number of rotatable bonds is 0. The SMILES string of the molecule is O=C1C[C@@H]2[C@@H]3C1CC[C@@H]3C21OCCO1. The molecule has 0 aromatic rings. The van der Waals surface area contributed by atoms with Crippen molar-refractivity contribution in [1.82, 2.24) is 0 Å².